The van der Waals surface area contributed by atoms with Gasteiger partial charge in [-0.1, -0.05) is 17.7 Å². The second kappa shape index (κ2) is 9.97. The smallest absolute Gasteiger partial charge is 0.257 e. The van der Waals surface area contributed by atoms with Gasteiger partial charge in [0.05, 0.1) is 12.0 Å². The average Bonchev–Trinajstić information content (AvgIpc) is 3.27. The molecule has 2 aromatic carbocycles. The van der Waals surface area contributed by atoms with Crippen LogP contribution in [-0.4, -0.2) is 34.6 Å². The van der Waals surface area contributed by atoms with Crippen molar-refractivity contribution in [1.82, 2.24) is 5.32 Å². The molecular weight excluding hydrogens is 446 g/mol. The number of thiophene rings is 1. The van der Waals surface area contributed by atoms with E-state index in [1.165, 1.54) is 30.6 Å². The molecule has 1 aromatic heterocycles. The largest absolute Gasteiger partial charge is 0.497 e. The number of hydrogen-bond donors (Lipinski definition) is 1. The number of nitrogens with one attached hydrogen (secondary N) is 1. The molecule has 0 spiro atoms. The van der Waals surface area contributed by atoms with Crippen molar-refractivity contribution in [1.29, 1.82) is 0 Å². The zero-order valence-corrected chi connectivity index (χ0v) is 18.5. The fourth-order valence-corrected chi connectivity index (χ4v) is 5.61. The average molecular weight is 466 g/mol. The van der Waals surface area contributed by atoms with Crippen molar-refractivity contribution < 1.29 is 22.7 Å². The zero-order valence-electron chi connectivity index (χ0n) is 16.1. The first-order chi connectivity index (χ1) is 14.4. The second-order valence-corrected chi connectivity index (χ2v) is 9.82. The fourth-order valence-electron chi connectivity index (χ4n) is 2.70. The lowest BCUT2D eigenvalue weighted by atomic mass is 10.3. The molecule has 0 aliphatic heterocycles. The highest BCUT2D eigenvalue weighted by Crippen LogP contribution is 2.32. The minimum absolute atomic E-state index is 0.0717. The summed E-state index contributed by atoms with van der Waals surface area (Å²) in [6.07, 6.45) is 0. The van der Waals surface area contributed by atoms with Gasteiger partial charge in [0.25, 0.3) is 5.91 Å². The van der Waals surface area contributed by atoms with E-state index in [0.717, 1.165) is 0 Å². The maximum absolute atomic E-state index is 13.2. The van der Waals surface area contributed by atoms with Crippen LogP contribution >= 0.6 is 22.9 Å². The van der Waals surface area contributed by atoms with E-state index in [1.807, 2.05) is 0 Å². The van der Waals surface area contributed by atoms with Crippen LogP contribution in [0, 0.1) is 0 Å². The van der Waals surface area contributed by atoms with Gasteiger partial charge in [-0.15, -0.1) is 11.3 Å². The predicted octanol–water partition coefficient (Wildman–Crippen LogP) is 4.12. The summed E-state index contributed by atoms with van der Waals surface area (Å²) >= 11 is 7.14. The zero-order chi connectivity index (χ0) is 21.6. The Morgan fingerprint density at radius 3 is 2.33 bits per heavy atom. The summed E-state index contributed by atoms with van der Waals surface area (Å²) in [5.41, 5.74) is 0. The third-order valence-corrected chi connectivity index (χ3v) is 7.78. The number of hydrogen-bond acceptors (Lipinski definition) is 6. The molecule has 1 amide bonds. The third kappa shape index (κ3) is 5.53. The summed E-state index contributed by atoms with van der Waals surface area (Å²) < 4.78 is 37.0. The maximum atomic E-state index is 13.2. The monoisotopic (exact) mass is 465 g/mol. The summed E-state index contributed by atoms with van der Waals surface area (Å²) in [5.74, 6) is 0.640. The number of benzene rings is 2. The van der Waals surface area contributed by atoms with E-state index in [4.69, 9.17) is 21.1 Å². The van der Waals surface area contributed by atoms with Crippen molar-refractivity contribution in [2.75, 3.05) is 20.3 Å². The molecule has 9 heteroatoms. The maximum Gasteiger partial charge on any atom is 0.257 e. The molecule has 1 heterocycles. The van der Waals surface area contributed by atoms with E-state index in [0.29, 0.717) is 21.4 Å². The van der Waals surface area contributed by atoms with Gasteiger partial charge in [-0.3, -0.25) is 4.79 Å². The summed E-state index contributed by atoms with van der Waals surface area (Å²) in [6, 6.07) is 16.3. The number of ether oxygens (including phenoxy) is 2. The van der Waals surface area contributed by atoms with Crippen LogP contribution in [0.3, 0.4) is 0 Å². The number of rotatable bonds is 9. The lowest BCUT2D eigenvalue weighted by Gasteiger charge is -2.18. The number of sulfone groups is 1. The van der Waals surface area contributed by atoms with E-state index in [-0.39, 0.29) is 18.0 Å². The predicted molar refractivity (Wildman–Crippen MR) is 117 cm³/mol. The molecule has 1 N–H and O–H groups in total. The highest BCUT2D eigenvalue weighted by atomic mass is 35.5. The van der Waals surface area contributed by atoms with Gasteiger partial charge in [0.15, 0.2) is 16.4 Å². The van der Waals surface area contributed by atoms with Gasteiger partial charge in [0.1, 0.15) is 16.7 Å². The Bertz CT molecular complexity index is 1070. The number of halogens is 1. The first-order valence-electron chi connectivity index (χ1n) is 8.96. The fraction of sp³-hybridized carbons (Fsp3) is 0.190. The topological polar surface area (TPSA) is 81.7 Å². The Balaban J connectivity index is 1.69. The van der Waals surface area contributed by atoms with Crippen molar-refractivity contribution in [3.63, 3.8) is 0 Å². The van der Waals surface area contributed by atoms with Crippen molar-refractivity contribution in [2.45, 2.75) is 10.1 Å². The van der Waals surface area contributed by atoms with Crippen LogP contribution in [0.1, 0.15) is 10.1 Å². The minimum Gasteiger partial charge on any atom is -0.497 e. The van der Waals surface area contributed by atoms with Crippen molar-refractivity contribution in [3.05, 3.63) is 75.9 Å². The van der Waals surface area contributed by atoms with Crippen LogP contribution in [0.5, 0.6) is 11.5 Å². The van der Waals surface area contributed by atoms with Gasteiger partial charge in [-0.2, -0.15) is 0 Å². The van der Waals surface area contributed by atoms with Crippen LogP contribution in [0.25, 0.3) is 0 Å². The molecule has 0 unspecified atom stereocenters. The summed E-state index contributed by atoms with van der Waals surface area (Å²) in [4.78, 5) is 13.0. The molecule has 6 nitrogen and oxygen atoms in total. The van der Waals surface area contributed by atoms with Crippen molar-refractivity contribution in [2.24, 2.45) is 0 Å². The van der Waals surface area contributed by atoms with Crippen LogP contribution in [0.4, 0.5) is 0 Å². The molecule has 0 saturated heterocycles. The molecule has 0 radical (unpaired) electrons. The van der Waals surface area contributed by atoms with Gasteiger partial charge in [0.2, 0.25) is 0 Å². The molecule has 30 heavy (non-hydrogen) atoms. The van der Waals surface area contributed by atoms with Crippen molar-refractivity contribution >= 4 is 38.7 Å². The van der Waals surface area contributed by atoms with Gasteiger partial charge in [0, 0.05) is 16.4 Å². The Labute approximate surface area is 184 Å². The van der Waals surface area contributed by atoms with E-state index in [9.17, 15) is 13.2 Å². The minimum atomic E-state index is -3.73. The van der Waals surface area contributed by atoms with Crippen molar-refractivity contribution in [3.8, 4) is 11.5 Å². The molecule has 0 saturated carbocycles. The van der Waals surface area contributed by atoms with Gasteiger partial charge in [-0.05, 0) is 60.0 Å². The first-order valence-corrected chi connectivity index (χ1v) is 11.8. The number of amides is 1. The van der Waals surface area contributed by atoms with E-state index < -0.39 is 21.0 Å². The van der Waals surface area contributed by atoms with Gasteiger partial charge >= 0.3 is 0 Å². The van der Waals surface area contributed by atoms with Crippen LogP contribution in [0.15, 0.2) is 70.9 Å². The van der Waals surface area contributed by atoms with Gasteiger partial charge < -0.3 is 14.8 Å². The second-order valence-electron chi connectivity index (χ2n) is 6.27. The molecule has 0 aliphatic rings. The Morgan fingerprint density at radius 2 is 1.73 bits per heavy atom. The molecule has 0 fully saturated rings. The highest BCUT2D eigenvalue weighted by molar-refractivity contribution is 7.91. The Kier molecular flexibility index (Phi) is 7.36. The number of carbonyl (C=O) groups excluding carboxylic acids is 1. The lowest BCUT2D eigenvalue weighted by molar-refractivity contribution is -0.123. The molecule has 0 aliphatic carbocycles. The van der Waals surface area contributed by atoms with Crippen LogP contribution in [0.2, 0.25) is 5.02 Å². The SMILES string of the molecule is COc1ccc(S(=O)(=O)[C@H](CNC(=O)COc2ccc(Cl)cc2)c2cccs2)cc1. The summed E-state index contributed by atoms with van der Waals surface area (Å²) in [6.45, 7) is -0.306. The molecule has 158 valence electrons. The van der Waals surface area contributed by atoms with Crippen LogP contribution in [-0.2, 0) is 14.6 Å². The number of carbonyl (C=O) groups is 1. The van der Waals surface area contributed by atoms with E-state index >= 15 is 0 Å². The third-order valence-electron chi connectivity index (χ3n) is 4.29. The van der Waals surface area contributed by atoms with Gasteiger partial charge in [-0.25, -0.2) is 8.42 Å². The Morgan fingerprint density at radius 1 is 1.07 bits per heavy atom. The van der Waals surface area contributed by atoms with E-state index in [2.05, 4.69) is 5.32 Å². The molecular formula is C21H20ClNO5S2. The van der Waals surface area contributed by atoms with Crippen LogP contribution < -0.4 is 14.8 Å². The number of methoxy groups -OCH3 is 1. The molecule has 1 atom stereocenters. The quantitative estimate of drug-likeness (QED) is 0.514. The lowest BCUT2D eigenvalue weighted by Crippen LogP contribution is -2.34. The highest BCUT2D eigenvalue weighted by Gasteiger charge is 2.30. The normalized spacial score (nSPS) is 12.2. The molecule has 0 bridgehead atoms. The van der Waals surface area contributed by atoms with E-state index in [1.54, 1.807) is 53.9 Å². The summed E-state index contributed by atoms with van der Waals surface area (Å²) in [7, 11) is -2.22. The molecule has 3 rings (SSSR count). The summed E-state index contributed by atoms with van der Waals surface area (Å²) in [5, 5.41) is 4.12. The first kappa shape index (κ1) is 22.1. The molecule has 3 aromatic rings. The Hall–Kier alpha value is -2.55. The standard InChI is InChI=1S/C21H20ClNO5S2/c1-27-16-8-10-18(11-9-16)30(25,26)20(19-3-2-12-29-19)13-23-21(24)14-28-17-6-4-15(22)5-7-17/h2-12,20H,13-14H2,1H3,(H,23,24)/t20-/m1/s1.